The van der Waals surface area contributed by atoms with Gasteiger partial charge in [0.05, 0.1) is 12.2 Å². The summed E-state index contributed by atoms with van der Waals surface area (Å²) in [6, 6.07) is 30.7. The molecule has 2 aliphatic rings. The molecule has 0 radical (unpaired) electrons. The summed E-state index contributed by atoms with van der Waals surface area (Å²) in [6.45, 7) is 2.15. The molecule has 2 amide bonds. The molecule has 7 heteroatoms. The molecule has 1 fully saturated rings. The first kappa shape index (κ1) is 24.0. The maximum Gasteiger partial charge on any atom is 0.257 e. The van der Waals surface area contributed by atoms with Crippen LogP contribution in [0.2, 0.25) is 0 Å². The van der Waals surface area contributed by atoms with Gasteiger partial charge in [-0.3, -0.25) is 14.4 Å². The number of anilines is 1. The van der Waals surface area contributed by atoms with Crippen LogP contribution in [-0.4, -0.2) is 23.4 Å². The third-order valence-corrected chi connectivity index (χ3v) is 7.10. The Morgan fingerprint density at radius 2 is 1.66 bits per heavy atom. The minimum Gasteiger partial charge on any atom is -0.326 e. The van der Waals surface area contributed by atoms with Gasteiger partial charge in [0, 0.05) is 5.56 Å². The zero-order valence-corrected chi connectivity index (χ0v) is 20.8. The molecule has 2 atom stereocenters. The largest absolute Gasteiger partial charge is 0.326 e. The molecule has 4 aromatic rings. The van der Waals surface area contributed by atoms with Crippen molar-refractivity contribution >= 4 is 17.5 Å². The number of benzene rings is 4. The van der Waals surface area contributed by atoms with Crippen molar-refractivity contribution in [2.75, 3.05) is 11.4 Å². The minimum atomic E-state index is -1.36. The lowest BCUT2D eigenvalue weighted by molar-refractivity contribution is -0.270. The van der Waals surface area contributed by atoms with Crippen molar-refractivity contribution in [3.63, 3.8) is 0 Å². The molecule has 4 aromatic carbocycles. The van der Waals surface area contributed by atoms with Gasteiger partial charge in [-0.2, -0.15) is 0 Å². The number of carbonyl (C=O) groups is 2. The first-order chi connectivity index (χ1) is 18.5. The number of nitrogens with one attached hydrogen (secondary N) is 1. The smallest absolute Gasteiger partial charge is 0.257 e. The summed E-state index contributed by atoms with van der Waals surface area (Å²) in [7, 11) is 0. The highest BCUT2D eigenvalue weighted by Gasteiger charge is 2.53. The van der Waals surface area contributed by atoms with E-state index in [0.29, 0.717) is 28.9 Å². The Hall–Kier alpha value is -4.33. The van der Waals surface area contributed by atoms with Gasteiger partial charge in [0.15, 0.2) is 11.8 Å². The van der Waals surface area contributed by atoms with E-state index in [1.165, 1.54) is 12.1 Å². The van der Waals surface area contributed by atoms with Crippen LogP contribution >= 0.6 is 0 Å². The second-order valence-electron chi connectivity index (χ2n) is 9.63. The van der Waals surface area contributed by atoms with Crippen LogP contribution in [0.25, 0.3) is 0 Å². The lowest BCUT2D eigenvalue weighted by atomic mass is 9.87. The van der Waals surface area contributed by atoms with Gasteiger partial charge in [-0.25, -0.2) is 4.39 Å². The summed E-state index contributed by atoms with van der Waals surface area (Å²) in [5, 5.41) is 4.74. The number of nitrogens with zero attached hydrogens (tertiary/aromatic N) is 2. The third kappa shape index (κ3) is 4.06. The van der Waals surface area contributed by atoms with Crippen LogP contribution in [-0.2, 0) is 26.6 Å². The summed E-state index contributed by atoms with van der Waals surface area (Å²) in [6.07, 6.45) is -0.955. The fraction of sp³-hybridized carbons (Fsp3) is 0.161. The van der Waals surface area contributed by atoms with E-state index in [9.17, 15) is 14.0 Å². The summed E-state index contributed by atoms with van der Waals surface area (Å²) < 4.78 is 14.0. The van der Waals surface area contributed by atoms with E-state index >= 15 is 0 Å². The maximum atomic E-state index is 14.0. The van der Waals surface area contributed by atoms with Crippen LogP contribution in [0.5, 0.6) is 0 Å². The highest BCUT2D eigenvalue weighted by molar-refractivity contribution is 5.97. The van der Waals surface area contributed by atoms with E-state index in [4.69, 9.17) is 4.84 Å². The Labute approximate surface area is 220 Å². The zero-order chi connectivity index (χ0) is 26.3. The number of hydroxylamine groups is 2. The number of hydrogen-bond acceptors (Lipinski definition) is 4. The van der Waals surface area contributed by atoms with Crippen LogP contribution in [0.3, 0.4) is 0 Å². The van der Waals surface area contributed by atoms with E-state index in [-0.39, 0.29) is 18.4 Å². The lowest BCUT2D eigenvalue weighted by Crippen LogP contribution is -2.64. The van der Waals surface area contributed by atoms with E-state index in [0.717, 1.165) is 11.1 Å². The van der Waals surface area contributed by atoms with Gasteiger partial charge in [0.25, 0.3) is 5.91 Å². The standard InChI is InChI=1S/C31H26FN3O3/c1-21-8-7-11-23(18-21)29-30(37)33-31(24-14-16-25(32)17-15-24)26-12-5-6-13-27(26)34(28(36)20-35(31)38-29)19-22-9-3-2-4-10-22/h2-18,29H,19-20H2,1H3,(H,33,37)/t29-,31+/m0/s1. The first-order valence-electron chi connectivity index (χ1n) is 12.5. The summed E-state index contributed by atoms with van der Waals surface area (Å²) in [4.78, 5) is 35.8. The van der Waals surface area contributed by atoms with Gasteiger partial charge >= 0.3 is 0 Å². The highest BCUT2D eigenvalue weighted by Crippen LogP contribution is 2.45. The molecule has 6 rings (SSSR count). The van der Waals surface area contributed by atoms with Gasteiger partial charge in [-0.15, -0.1) is 5.06 Å². The molecule has 0 unspecified atom stereocenters. The van der Waals surface area contributed by atoms with Crippen LogP contribution in [0.1, 0.15) is 33.9 Å². The van der Waals surface area contributed by atoms with Crippen LogP contribution in [0, 0.1) is 12.7 Å². The SMILES string of the molecule is Cc1cccc([C@@H]2ON3CC(=O)N(Cc4ccccc4)c4ccccc4[C@]3(c3ccc(F)cc3)NC2=O)c1. The average molecular weight is 508 g/mol. The monoisotopic (exact) mass is 507 g/mol. The highest BCUT2D eigenvalue weighted by atomic mass is 19.1. The second kappa shape index (κ2) is 9.52. The molecule has 6 nitrogen and oxygen atoms in total. The van der Waals surface area contributed by atoms with Gasteiger partial charge < -0.3 is 10.2 Å². The van der Waals surface area contributed by atoms with E-state index in [1.54, 1.807) is 22.1 Å². The minimum absolute atomic E-state index is 0.137. The lowest BCUT2D eigenvalue weighted by Gasteiger charge is -2.48. The topological polar surface area (TPSA) is 61.9 Å². The van der Waals surface area contributed by atoms with Gasteiger partial charge in [0.1, 0.15) is 12.4 Å². The second-order valence-corrected chi connectivity index (χ2v) is 9.63. The molecule has 38 heavy (non-hydrogen) atoms. The number of rotatable bonds is 4. The molecular weight excluding hydrogens is 481 g/mol. The van der Waals surface area contributed by atoms with Crippen molar-refractivity contribution in [1.29, 1.82) is 0 Å². The van der Waals surface area contributed by atoms with Crippen molar-refractivity contribution in [3.8, 4) is 0 Å². The third-order valence-electron chi connectivity index (χ3n) is 7.10. The van der Waals surface area contributed by atoms with Crippen molar-refractivity contribution in [2.24, 2.45) is 0 Å². The fourth-order valence-corrected chi connectivity index (χ4v) is 5.32. The van der Waals surface area contributed by atoms with Crippen molar-refractivity contribution in [2.45, 2.75) is 25.2 Å². The molecule has 1 saturated heterocycles. The Kier molecular flexibility index (Phi) is 6.02. The Balaban J connectivity index is 1.53. The van der Waals surface area contributed by atoms with Crippen molar-refractivity contribution in [1.82, 2.24) is 10.4 Å². The van der Waals surface area contributed by atoms with Crippen LogP contribution in [0.15, 0.2) is 103 Å². The molecule has 1 N–H and O–H groups in total. The van der Waals surface area contributed by atoms with Gasteiger partial charge in [-0.1, -0.05) is 90.5 Å². The number of fused-ring (bicyclic) bond motifs is 3. The molecule has 0 aromatic heterocycles. The van der Waals surface area contributed by atoms with Crippen molar-refractivity contribution < 1.29 is 18.8 Å². The predicted octanol–water partition coefficient (Wildman–Crippen LogP) is 4.99. The number of amides is 2. The molecule has 190 valence electrons. The van der Waals surface area contributed by atoms with E-state index in [2.05, 4.69) is 5.32 Å². The number of para-hydroxylation sites is 1. The fourth-order valence-electron chi connectivity index (χ4n) is 5.32. The predicted molar refractivity (Wildman–Crippen MR) is 141 cm³/mol. The Morgan fingerprint density at radius 3 is 2.42 bits per heavy atom. The zero-order valence-electron chi connectivity index (χ0n) is 20.8. The Bertz CT molecular complexity index is 1510. The summed E-state index contributed by atoms with van der Waals surface area (Å²) >= 11 is 0. The van der Waals surface area contributed by atoms with Gasteiger partial charge in [-0.05, 0) is 41.8 Å². The average Bonchev–Trinajstić information content (AvgIpc) is 3.02. The molecule has 0 saturated carbocycles. The quantitative estimate of drug-likeness (QED) is 0.423. The molecule has 2 heterocycles. The summed E-state index contributed by atoms with van der Waals surface area (Å²) in [5.41, 5.74) is 3.16. The number of aryl methyl sites for hydroxylation is 1. The molecule has 0 bridgehead atoms. The number of hydrogen-bond donors (Lipinski definition) is 1. The van der Waals surface area contributed by atoms with Crippen molar-refractivity contribution in [3.05, 3.63) is 137 Å². The summed E-state index contributed by atoms with van der Waals surface area (Å²) in [5.74, 6) is -0.944. The van der Waals surface area contributed by atoms with Gasteiger partial charge in [0.2, 0.25) is 5.91 Å². The van der Waals surface area contributed by atoms with E-state index < -0.39 is 17.6 Å². The molecule has 2 aliphatic heterocycles. The van der Waals surface area contributed by atoms with Crippen LogP contribution in [0.4, 0.5) is 10.1 Å². The molecule has 0 aliphatic carbocycles. The first-order valence-corrected chi connectivity index (χ1v) is 12.5. The Morgan fingerprint density at radius 1 is 0.921 bits per heavy atom. The van der Waals surface area contributed by atoms with Crippen LogP contribution < -0.4 is 10.2 Å². The van der Waals surface area contributed by atoms with E-state index in [1.807, 2.05) is 85.8 Å². The maximum absolute atomic E-state index is 14.0. The molecular formula is C31H26FN3O3. The number of carbonyl (C=O) groups excluding carboxylic acids is 2. The molecule has 0 spiro atoms. The normalized spacial score (nSPS) is 21.3. The number of halogens is 1.